The third-order valence-corrected chi connectivity index (χ3v) is 3.77. The Hall–Kier alpha value is -3.39. The number of carbonyl (C=O) groups is 1. The van der Waals surface area contributed by atoms with Crippen LogP contribution < -0.4 is 9.47 Å². The van der Waals surface area contributed by atoms with Crippen molar-refractivity contribution in [2.24, 2.45) is 0 Å². The van der Waals surface area contributed by atoms with Crippen LogP contribution in [0, 0.1) is 6.92 Å². The molecule has 0 aliphatic carbocycles. The third kappa shape index (κ3) is 4.66. The lowest BCUT2D eigenvalue weighted by atomic mass is 10.2. The minimum atomic E-state index is -1.10. The molecule has 1 atom stereocenters. The quantitative estimate of drug-likeness (QED) is 0.623. The Labute approximate surface area is 161 Å². The van der Waals surface area contributed by atoms with E-state index in [2.05, 4.69) is 10.2 Å². The van der Waals surface area contributed by atoms with Crippen LogP contribution in [0.3, 0.4) is 0 Å². The summed E-state index contributed by atoms with van der Waals surface area (Å²) in [6.07, 6.45) is -0.282. The molecule has 0 saturated heterocycles. The van der Waals surface area contributed by atoms with Crippen LogP contribution in [0.25, 0.3) is 11.5 Å². The average molecular weight is 384 g/mol. The lowest BCUT2D eigenvalue weighted by molar-refractivity contribution is 0.0673. The van der Waals surface area contributed by atoms with Gasteiger partial charge in [-0.2, -0.15) is 0 Å². The molecule has 1 aromatic heterocycles. The van der Waals surface area contributed by atoms with Gasteiger partial charge in [0.15, 0.2) is 0 Å². The molecular formula is C20H20N2O6. The van der Waals surface area contributed by atoms with Crippen LogP contribution in [-0.2, 0) is 4.74 Å². The van der Waals surface area contributed by atoms with E-state index in [1.807, 2.05) is 0 Å². The molecule has 0 fully saturated rings. The molecule has 2 aromatic carbocycles. The molecule has 8 heteroatoms. The van der Waals surface area contributed by atoms with Gasteiger partial charge in [-0.1, -0.05) is 0 Å². The van der Waals surface area contributed by atoms with Crippen LogP contribution in [0.15, 0.2) is 46.9 Å². The van der Waals surface area contributed by atoms with Crippen molar-refractivity contribution in [2.75, 3.05) is 13.7 Å². The number of aryl methyl sites for hydroxylation is 1. The van der Waals surface area contributed by atoms with Gasteiger partial charge in [-0.15, -0.1) is 10.2 Å². The first kappa shape index (κ1) is 19.4. The van der Waals surface area contributed by atoms with Crippen molar-refractivity contribution < 1.29 is 28.5 Å². The lowest BCUT2D eigenvalue weighted by Crippen LogP contribution is -2.19. The van der Waals surface area contributed by atoms with E-state index < -0.39 is 5.97 Å². The Bertz CT molecular complexity index is 952. The van der Waals surface area contributed by atoms with Gasteiger partial charge in [0.05, 0.1) is 6.61 Å². The molecule has 0 radical (unpaired) electrons. The van der Waals surface area contributed by atoms with Gasteiger partial charge < -0.3 is 23.7 Å². The summed E-state index contributed by atoms with van der Waals surface area (Å²) >= 11 is 0. The highest BCUT2D eigenvalue weighted by molar-refractivity contribution is 5.91. The molecule has 0 bridgehead atoms. The fourth-order valence-corrected chi connectivity index (χ4v) is 2.54. The van der Waals surface area contributed by atoms with Gasteiger partial charge >= 0.3 is 5.97 Å². The minimum Gasteiger partial charge on any atom is -0.487 e. The molecule has 0 spiro atoms. The predicted octanol–water partition coefficient (Wildman–Crippen LogP) is 3.95. The summed E-state index contributed by atoms with van der Waals surface area (Å²) in [5, 5.41) is 17.2. The van der Waals surface area contributed by atoms with Crippen molar-refractivity contribution in [1.82, 2.24) is 10.2 Å². The topological polar surface area (TPSA) is 104 Å². The zero-order chi connectivity index (χ0) is 20.1. The number of rotatable bonds is 8. The smallest absolute Gasteiger partial charge is 0.339 e. The maximum atomic E-state index is 11.6. The van der Waals surface area contributed by atoms with Crippen molar-refractivity contribution in [1.29, 1.82) is 0 Å². The van der Waals surface area contributed by atoms with Crippen LogP contribution in [-0.4, -0.2) is 41.1 Å². The second-order valence-corrected chi connectivity index (χ2v) is 6.10. The SMILES string of the molecule is COCC(C)Oc1ccc(Oc2ccc(-c3nnc(C)o3)cc2)cc1C(=O)O. The zero-order valence-electron chi connectivity index (χ0n) is 15.7. The second-order valence-electron chi connectivity index (χ2n) is 6.10. The summed E-state index contributed by atoms with van der Waals surface area (Å²) in [6, 6.07) is 11.7. The maximum absolute atomic E-state index is 11.6. The molecule has 3 aromatic rings. The summed E-state index contributed by atoms with van der Waals surface area (Å²) in [5.74, 6) is 0.976. The summed E-state index contributed by atoms with van der Waals surface area (Å²) < 4.78 is 21.8. The predicted molar refractivity (Wildman–Crippen MR) is 99.9 cm³/mol. The van der Waals surface area contributed by atoms with Crippen LogP contribution in [0.1, 0.15) is 23.2 Å². The number of hydrogen-bond donors (Lipinski definition) is 1. The molecule has 0 aliphatic heterocycles. The van der Waals surface area contributed by atoms with E-state index in [0.29, 0.717) is 29.9 Å². The molecule has 8 nitrogen and oxygen atoms in total. The number of nitrogens with zero attached hydrogens (tertiary/aromatic N) is 2. The van der Waals surface area contributed by atoms with Gasteiger partial charge in [0.25, 0.3) is 0 Å². The normalized spacial score (nSPS) is 11.8. The lowest BCUT2D eigenvalue weighted by Gasteiger charge is -2.16. The average Bonchev–Trinajstić information content (AvgIpc) is 3.10. The number of aromatic carboxylic acids is 1. The van der Waals surface area contributed by atoms with Gasteiger partial charge in [-0.3, -0.25) is 0 Å². The number of ether oxygens (including phenoxy) is 3. The Morgan fingerprint density at radius 1 is 1.14 bits per heavy atom. The molecule has 0 amide bonds. The zero-order valence-corrected chi connectivity index (χ0v) is 15.7. The first-order valence-corrected chi connectivity index (χ1v) is 8.57. The Morgan fingerprint density at radius 3 is 2.46 bits per heavy atom. The van der Waals surface area contributed by atoms with Gasteiger partial charge in [0.1, 0.15) is 28.9 Å². The Kier molecular flexibility index (Phi) is 5.90. The van der Waals surface area contributed by atoms with E-state index in [1.165, 1.54) is 6.07 Å². The van der Waals surface area contributed by atoms with Crippen molar-refractivity contribution in [3.8, 4) is 28.7 Å². The van der Waals surface area contributed by atoms with E-state index in [-0.39, 0.29) is 17.4 Å². The van der Waals surface area contributed by atoms with Gasteiger partial charge in [-0.25, -0.2) is 4.79 Å². The number of carboxylic acid groups (broad SMARTS) is 1. The van der Waals surface area contributed by atoms with Crippen LogP contribution in [0.4, 0.5) is 0 Å². The van der Waals surface area contributed by atoms with Crippen molar-refractivity contribution in [3.63, 3.8) is 0 Å². The molecule has 1 unspecified atom stereocenters. The number of aromatic nitrogens is 2. The molecular weight excluding hydrogens is 364 g/mol. The second kappa shape index (κ2) is 8.53. The molecule has 0 aliphatic rings. The van der Waals surface area contributed by atoms with Crippen LogP contribution >= 0.6 is 0 Å². The summed E-state index contributed by atoms with van der Waals surface area (Å²) in [6.45, 7) is 3.87. The first-order valence-electron chi connectivity index (χ1n) is 8.57. The highest BCUT2D eigenvalue weighted by Gasteiger charge is 2.16. The first-order chi connectivity index (χ1) is 13.5. The summed E-state index contributed by atoms with van der Waals surface area (Å²) in [4.78, 5) is 11.6. The van der Waals surface area contributed by atoms with E-state index in [9.17, 15) is 9.90 Å². The number of carboxylic acids is 1. The standard InChI is InChI=1S/C20H20N2O6/c1-12(11-25-3)26-18-9-8-16(10-17(18)20(23)24)28-15-6-4-14(5-7-15)19-22-21-13(2)27-19/h4-10,12H,11H2,1-3H3,(H,23,24). The molecule has 0 saturated carbocycles. The third-order valence-electron chi connectivity index (χ3n) is 3.77. The highest BCUT2D eigenvalue weighted by atomic mass is 16.5. The van der Waals surface area contributed by atoms with E-state index in [1.54, 1.807) is 57.4 Å². The van der Waals surface area contributed by atoms with E-state index in [4.69, 9.17) is 18.6 Å². The molecule has 28 heavy (non-hydrogen) atoms. The van der Waals surface area contributed by atoms with E-state index >= 15 is 0 Å². The fourth-order valence-electron chi connectivity index (χ4n) is 2.54. The molecule has 146 valence electrons. The number of methoxy groups -OCH3 is 1. The van der Waals surface area contributed by atoms with Crippen molar-refractivity contribution >= 4 is 5.97 Å². The van der Waals surface area contributed by atoms with Crippen molar-refractivity contribution in [3.05, 3.63) is 53.9 Å². The monoisotopic (exact) mass is 384 g/mol. The van der Waals surface area contributed by atoms with Crippen molar-refractivity contribution in [2.45, 2.75) is 20.0 Å². The molecule has 1 heterocycles. The van der Waals surface area contributed by atoms with Gasteiger partial charge in [0.2, 0.25) is 11.8 Å². The largest absolute Gasteiger partial charge is 0.487 e. The summed E-state index contributed by atoms with van der Waals surface area (Å²) in [7, 11) is 1.56. The maximum Gasteiger partial charge on any atom is 0.339 e. The van der Waals surface area contributed by atoms with Crippen LogP contribution in [0.5, 0.6) is 17.2 Å². The van der Waals surface area contributed by atoms with E-state index in [0.717, 1.165) is 5.56 Å². The van der Waals surface area contributed by atoms with Gasteiger partial charge in [-0.05, 0) is 49.4 Å². The van der Waals surface area contributed by atoms with Crippen LogP contribution in [0.2, 0.25) is 0 Å². The van der Waals surface area contributed by atoms with Gasteiger partial charge in [0, 0.05) is 19.6 Å². The Morgan fingerprint density at radius 2 is 1.86 bits per heavy atom. The minimum absolute atomic E-state index is 0.0124. The Balaban J connectivity index is 1.76. The fraction of sp³-hybridized carbons (Fsp3) is 0.250. The number of benzene rings is 2. The summed E-state index contributed by atoms with van der Waals surface area (Å²) in [5.41, 5.74) is 0.772. The molecule has 3 rings (SSSR count). The number of hydrogen-bond acceptors (Lipinski definition) is 7. The highest BCUT2D eigenvalue weighted by Crippen LogP contribution is 2.30. The molecule has 1 N–H and O–H groups in total.